The van der Waals surface area contributed by atoms with Crippen LogP contribution in [0.5, 0.6) is 0 Å². The molecule has 1 aliphatic carbocycles. The van der Waals surface area contributed by atoms with Crippen molar-refractivity contribution in [3.8, 4) is 0 Å². The van der Waals surface area contributed by atoms with Gasteiger partial charge in [0.15, 0.2) is 0 Å². The highest BCUT2D eigenvalue weighted by Crippen LogP contribution is 2.41. The van der Waals surface area contributed by atoms with Crippen molar-refractivity contribution in [2.75, 3.05) is 7.05 Å². The van der Waals surface area contributed by atoms with Gasteiger partial charge < -0.3 is 10.6 Å². The summed E-state index contributed by atoms with van der Waals surface area (Å²) in [5, 5.41) is 0. The molecule has 0 amide bonds. The molecule has 3 unspecified atom stereocenters. The Balaban J connectivity index is 2.13. The minimum absolute atomic E-state index is 0.501. The lowest BCUT2D eigenvalue weighted by atomic mass is 9.93. The molecule has 0 aromatic carbocycles. The number of nitrogens with two attached hydrogens (primary N) is 1. The third kappa shape index (κ3) is 0.926. The first-order valence-corrected chi connectivity index (χ1v) is 4.71. The lowest BCUT2D eigenvalue weighted by molar-refractivity contribution is 0.157. The standard InChI is InChI=1S/C9H18N2/c1-3-9-7-4-6(11(9)2)5-8(7)10/h6-9H,3-5,10H2,1-2H3/t6?,7?,8-,9?/m1/s1. The van der Waals surface area contributed by atoms with Gasteiger partial charge >= 0.3 is 0 Å². The number of likely N-dealkylation sites (tertiary alicyclic amines) is 1. The van der Waals surface area contributed by atoms with E-state index in [1.54, 1.807) is 0 Å². The number of hydrogen-bond donors (Lipinski definition) is 1. The zero-order chi connectivity index (χ0) is 8.01. The highest BCUT2D eigenvalue weighted by Gasteiger charge is 2.47. The van der Waals surface area contributed by atoms with Gasteiger partial charge in [0.25, 0.3) is 0 Å². The maximum absolute atomic E-state index is 6.02. The molecule has 0 aromatic heterocycles. The molecule has 2 rings (SSSR count). The summed E-state index contributed by atoms with van der Waals surface area (Å²) >= 11 is 0. The molecule has 4 atom stereocenters. The van der Waals surface area contributed by atoms with Crippen LogP contribution >= 0.6 is 0 Å². The number of fused-ring (bicyclic) bond motifs is 2. The van der Waals surface area contributed by atoms with Gasteiger partial charge in [-0.15, -0.1) is 0 Å². The van der Waals surface area contributed by atoms with E-state index in [-0.39, 0.29) is 0 Å². The highest BCUT2D eigenvalue weighted by molar-refractivity contribution is 5.03. The number of rotatable bonds is 1. The molecule has 1 aliphatic heterocycles. The van der Waals surface area contributed by atoms with Crippen LogP contribution in [-0.4, -0.2) is 30.1 Å². The largest absolute Gasteiger partial charge is 0.327 e. The Kier molecular flexibility index (Phi) is 1.69. The third-order valence-electron chi connectivity index (χ3n) is 3.65. The molecule has 64 valence electrons. The fraction of sp³-hybridized carbons (Fsp3) is 1.00. The molecular formula is C9H18N2. The van der Waals surface area contributed by atoms with Crippen molar-refractivity contribution in [1.29, 1.82) is 0 Å². The third-order valence-corrected chi connectivity index (χ3v) is 3.65. The van der Waals surface area contributed by atoms with Crippen molar-refractivity contribution in [2.45, 2.75) is 44.3 Å². The Hall–Kier alpha value is -0.0800. The van der Waals surface area contributed by atoms with Gasteiger partial charge in [-0.3, -0.25) is 0 Å². The quantitative estimate of drug-likeness (QED) is 0.606. The van der Waals surface area contributed by atoms with E-state index in [0.29, 0.717) is 6.04 Å². The molecule has 2 nitrogen and oxygen atoms in total. The van der Waals surface area contributed by atoms with E-state index in [9.17, 15) is 0 Å². The molecule has 0 aromatic rings. The molecule has 2 fully saturated rings. The summed E-state index contributed by atoms with van der Waals surface area (Å²) in [6, 6.07) is 2.09. The van der Waals surface area contributed by atoms with E-state index in [2.05, 4.69) is 18.9 Å². The van der Waals surface area contributed by atoms with Crippen LogP contribution in [0.25, 0.3) is 0 Å². The maximum atomic E-state index is 6.02. The second-order valence-corrected chi connectivity index (χ2v) is 4.09. The second kappa shape index (κ2) is 2.46. The van der Waals surface area contributed by atoms with Crippen molar-refractivity contribution < 1.29 is 0 Å². The van der Waals surface area contributed by atoms with E-state index in [0.717, 1.165) is 18.0 Å². The molecule has 2 bridgehead atoms. The Morgan fingerprint density at radius 3 is 2.64 bits per heavy atom. The summed E-state index contributed by atoms with van der Waals surface area (Å²) in [7, 11) is 2.25. The monoisotopic (exact) mass is 154 g/mol. The first-order valence-electron chi connectivity index (χ1n) is 4.71. The number of piperidine rings is 1. The first-order chi connectivity index (χ1) is 5.24. The molecular weight excluding hydrogens is 136 g/mol. The zero-order valence-electron chi connectivity index (χ0n) is 7.46. The van der Waals surface area contributed by atoms with Crippen LogP contribution in [0.4, 0.5) is 0 Å². The van der Waals surface area contributed by atoms with Gasteiger partial charge in [-0.25, -0.2) is 0 Å². The summed E-state index contributed by atoms with van der Waals surface area (Å²) in [6.07, 6.45) is 3.86. The highest BCUT2D eigenvalue weighted by atomic mass is 15.2. The van der Waals surface area contributed by atoms with Crippen molar-refractivity contribution in [2.24, 2.45) is 11.7 Å². The minimum Gasteiger partial charge on any atom is -0.327 e. The molecule has 0 radical (unpaired) electrons. The molecule has 1 heterocycles. The van der Waals surface area contributed by atoms with Crippen LogP contribution in [-0.2, 0) is 0 Å². The normalized spacial score (nSPS) is 50.5. The van der Waals surface area contributed by atoms with Crippen LogP contribution in [0.15, 0.2) is 0 Å². The van der Waals surface area contributed by atoms with E-state index in [4.69, 9.17) is 5.73 Å². The van der Waals surface area contributed by atoms with Crippen LogP contribution in [0.3, 0.4) is 0 Å². The van der Waals surface area contributed by atoms with E-state index in [1.807, 2.05) is 0 Å². The van der Waals surface area contributed by atoms with E-state index in [1.165, 1.54) is 19.3 Å². The van der Waals surface area contributed by atoms with Gasteiger partial charge in [0, 0.05) is 18.1 Å². The zero-order valence-corrected chi connectivity index (χ0v) is 7.46. The van der Waals surface area contributed by atoms with Crippen molar-refractivity contribution in [1.82, 2.24) is 4.90 Å². The van der Waals surface area contributed by atoms with Crippen molar-refractivity contribution in [3.63, 3.8) is 0 Å². The Morgan fingerprint density at radius 1 is 1.45 bits per heavy atom. The summed E-state index contributed by atoms with van der Waals surface area (Å²) in [6.45, 7) is 2.27. The molecule has 11 heavy (non-hydrogen) atoms. The average Bonchev–Trinajstić information content (AvgIpc) is 2.45. The summed E-state index contributed by atoms with van der Waals surface area (Å²) in [4.78, 5) is 2.54. The van der Waals surface area contributed by atoms with Gasteiger partial charge in [-0.1, -0.05) is 6.92 Å². The molecule has 1 saturated carbocycles. The van der Waals surface area contributed by atoms with Gasteiger partial charge in [0.05, 0.1) is 0 Å². The number of hydrogen-bond acceptors (Lipinski definition) is 2. The Bertz CT molecular complexity index is 158. The van der Waals surface area contributed by atoms with Gasteiger partial charge in [-0.2, -0.15) is 0 Å². The lowest BCUT2D eigenvalue weighted by Gasteiger charge is -2.34. The van der Waals surface area contributed by atoms with E-state index >= 15 is 0 Å². The Morgan fingerprint density at radius 2 is 2.18 bits per heavy atom. The van der Waals surface area contributed by atoms with Crippen LogP contribution < -0.4 is 5.73 Å². The van der Waals surface area contributed by atoms with Crippen LogP contribution in [0.1, 0.15) is 26.2 Å². The first kappa shape index (κ1) is 7.56. The summed E-state index contributed by atoms with van der Waals surface area (Å²) < 4.78 is 0. The fourth-order valence-corrected chi connectivity index (χ4v) is 3.01. The van der Waals surface area contributed by atoms with Gasteiger partial charge in [0.1, 0.15) is 0 Å². The molecule has 0 spiro atoms. The predicted molar refractivity (Wildman–Crippen MR) is 46.3 cm³/mol. The SMILES string of the molecule is CCC1C2CC(C[C@H]2N)N1C. The fourth-order valence-electron chi connectivity index (χ4n) is 3.01. The average molecular weight is 154 g/mol. The lowest BCUT2D eigenvalue weighted by Crippen LogP contribution is -2.46. The molecule has 2 heteroatoms. The molecule has 2 aliphatic rings. The predicted octanol–water partition coefficient (Wildman–Crippen LogP) is 0.816. The van der Waals surface area contributed by atoms with Crippen molar-refractivity contribution in [3.05, 3.63) is 0 Å². The smallest absolute Gasteiger partial charge is 0.0136 e. The second-order valence-electron chi connectivity index (χ2n) is 4.09. The van der Waals surface area contributed by atoms with Crippen LogP contribution in [0.2, 0.25) is 0 Å². The molecule has 1 saturated heterocycles. The van der Waals surface area contributed by atoms with Gasteiger partial charge in [0.2, 0.25) is 0 Å². The minimum atomic E-state index is 0.501. The van der Waals surface area contributed by atoms with E-state index < -0.39 is 0 Å². The summed E-state index contributed by atoms with van der Waals surface area (Å²) in [5.74, 6) is 0.801. The Labute approximate surface area is 68.7 Å². The maximum Gasteiger partial charge on any atom is 0.0136 e. The summed E-state index contributed by atoms with van der Waals surface area (Å²) in [5.41, 5.74) is 6.02. The molecule has 2 N–H and O–H groups in total. The van der Waals surface area contributed by atoms with Crippen LogP contribution in [0, 0.1) is 5.92 Å². The number of nitrogens with zero attached hydrogens (tertiary/aromatic N) is 1. The van der Waals surface area contributed by atoms with Crippen molar-refractivity contribution >= 4 is 0 Å². The topological polar surface area (TPSA) is 29.3 Å². The van der Waals surface area contributed by atoms with Gasteiger partial charge in [-0.05, 0) is 32.2 Å².